The van der Waals surface area contributed by atoms with Crippen LogP contribution in [0.25, 0.3) is 0 Å². The lowest BCUT2D eigenvalue weighted by molar-refractivity contribution is 0.671. The predicted octanol–water partition coefficient (Wildman–Crippen LogP) is 3.95. The fraction of sp³-hybridized carbons (Fsp3) is 0.462. The summed E-state index contributed by atoms with van der Waals surface area (Å²) in [7, 11) is 0. The van der Waals surface area contributed by atoms with Gasteiger partial charge in [0, 0.05) is 22.7 Å². The normalized spacial score (nSPS) is 10.2. The Morgan fingerprint density at radius 2 is 2.12 bits per heavy atom. The summed E-state index contributed by atoms with van der Waals surface area (Å²) in [5.74, 6) is 0. The molecule has 0 radical (unpaired) electrons. The van der Waals surface area contributed by atoms with E-state index in [1.54, 1.807) is 0 Å². The molecule has 0 aromatic heterocycles. The highest BCUT2D eigenvalue weighted by Gasteiger charge is 2.10. The van der Waals surface area contributed by atoms with Crippen LogP contribution in [0.1, 0.15) is 32.8 Å². The first-order chi connectivity index (χ1) is 7.60. The lowest BCUT2D eigenvalue weighted by Crippen LogP contribution is -2.31. The first-order valence-electron chi connectivity index (χ1n) is 5.56. The van der Waals surface area contributed by atoms with Crippen LogP contribution in [0, 0.1) is 11.3 Å². The number of nitrogens with zero attached hydrogens (tertiary/aromatic N) is 2. The summed E-state index contributed by atoms with van der Waals surface area (Å²) >= 11 is 3.43. The van der Waals surface area contributed by atoms with Gasteiger partial charge in [0.1, 0.15) is 6.07 Å². The number of nitriles is 1. The Bertz CT molecular complexity index is 393. The summed E-state index contributed by atoms with van der Waals surface area (Å²) in [4.78, 5) is 2.34. The average Bonchev–Trinajstić information content (AvgIpc) is 2.25. The van der Waals surface area contributed by atoms with Crippen molar-refractivity contribution in [2.24, 2.45) is 0 Å². The molecule has 3 heteroatoms. The summed E-state index contributed by atoms with van der Waals surface area (Å²) in [6, 6.07) is 8.53. The molecule has 86 valence electrons. The Morgan fingerprint density at radius 1 is 1.44 bits per heavy atom. The van der Waals surface area contributed by atoms with Gasteiger partial charge in [-0.1, -0.05) is 6.92 Å². The third-order valence-electron chi connectivity index (χ3n) is 2.49. The highest BCUT2D eigenvalue weighted by molar-refractivity contribution is 9.10. The first kappa shape index (κ1) is 13.1. The summed E-state index contributed by atoms with van der Waals surface area (Å²) in [6.07, 6.45) is 1.12. The summed E-state index contributed by atoms with van der Waals surface area (Å²) < 4.78 is 0.870. The van der Waals surface area contributed by atoms with Gasteiger partial charge in [-0.15, -0.1) is 0 Å². The topological polar surface area (TPSA) is 27.0 Å². The van der Waals surface area contributed by atoms with Crippen LogP contribution in [0.3, 0.4) is 0 Å². The number of rotatable bonds is 4. The molecule has 0 aliphatic heterocycles. The second kappa shape index (κ2) is 5.91. The lowest BCUT2D eigenvalue weighted by atomic mass is 10.2. The van der Waals surface area contributed by atoms with Gasteiger partial charge in [0.25, 0.3) is 0 Å². The van der Waals surface area contributed by atoms with Crippen molar-refractivity contribution in [3.63, 3.8) is 0 Å². The Kier molecular flexibility index (Phi) is 4.82. The monoisotopic (exact) mass is 280 g/mol. The number of anilines is 1. The molecule has 0 fully saturated rings. The van der Waals surface area contributed by atoms with Crippen molar-refractivity contribution in [2.75, 3.05) is 11.4 Å². The van der Waals surface area contributed by atoms with Gasteiger partial charge in [-0.2, -0.15) is 5.26 Å². The van der Waals surface area contributed by atoms with Gasteiger partial charge in [0.05, 0.1) is 5.56 Å². The van der Waals surface area contributed by atoms with Crippen molar-refractivity contribution >= 4 is 21.6 Å². The highest BCUT2D eigenvalue weighted by Crippen LogP contribution is 2.25. The van der Waals surface area contributed by atoms with Gasteiger partial charge in [0.2, 0.25) is 0 Å². The maximum absolute atomic E-state index is 8.87. The minimum absolute atomic E-state index is 0.472. The van der Waals surface area contributed by atoms with Crippen LogP contribution in [-0.2, 0) is 0 Å². The molecule has 1 aromatic rings. The third-order valence-corrected chi connectivity index (χ3v) is 3.15. The molecule has 1 rings (SSSR count). The molecular weight excluding hydrogens is 264 g/mol. The van der Waals surface area contributed by atoms with E-state index in [2.05, 4.69) is 47.7 Å². The summed E-state index contributed by atoms with van der Waals surface area (Å²) in [5, 5.41) is 8.87. The van der Waals surface area contributed by atoms with E-state index in [0.29, 0.717) is 11.6 Å². The van der Waals surface area contributed by atoms with Crippen LogP contribution in [0.5, 0.6) is 0 Å². The van der Waals surface area contributed by atoms with Gasteiger partial charge >= 0.3 is 0 Å². The molecule has 0 unspecified atom stereocenters. The molecule has 0 aliphatic rings. The fourth-order valence-corrected chi connectivity index (χ4v) is 2.16. The van der Waals surface area contributed by atoms with E-state index in [0.717, 1.165) is 17.4 Å². The van der Waals surface area contributed by atoms with E-state index in [9.17, 15) is 0 Å². The maximum atomic E-state index is 8.87. The third kappa shape index (κ3) is 2.99. The SMILES string of the molecule is CCCN(c1ccc(C#N)c(Br)c1)C(C)C. The number of hydrogen-bond donors (Lipinski definition) is 0. The second-order valence-electron chi connectivity index (χ2n) is 4.06. The standard InChI is InChI=1S/C13H17BrN2/c1-4-7-16(10(2)3)12-6-5-11(9-15)13(14)8-12/h5-6,8,10H,4,7H2,1-3H3. The molecule has 0 bridgehead atoms. The predicted molar refractivity (Wildman–Crippen MR) is 71.6 cm³/mol. The van der Waals surface area contributed by atoms with E-state index in [1.165, 1.54) is 5.69 Å². The Hall–Kier alpha value is -1.01. The smallest absolute Gasteiger partial charge is 0.100 e. The Labute approximate surface area is 106 Å². The zero-order chi connectivity index (χ0) is 12.1. The summed E-state index contributed by atoms with van der Waals surface area (Å²) in [5.41, 5.74) is 1.85. The minimum atomic E-state index is 0.472. The van der Waals surface area contributed by atoms with Crippen molar-refractivity contribution in [2.45, 2.75) is 33.2 Å². The van der Waals surface area contributed by atoms with Gasteiger partial charge in [-0.05, 0) is 54.4 Å². The van der Waals surface area contributed by atoms with Crippen LogP contribution < -0.4 is 4.90 Å². The van der Waals surface area contributed by atoms with Crippen LogP contribution >= 0.6 is 15.9 Å². The average molecular weight is 281 g/mol. The van der Waals surface area contributed by atoms with Crippen molar-refractivity contribution in [1.29, 1.82) is 5.26 Å². The molecule has 0 heterocycles. The maximum Gasteiger partial charge on any atom is 0.100 e. The lowest BCUT2D eigenvalue weighted by Gasteiger charge is -2.28. The molecule has 0 saturated carbocycles. The largest absolute Gasteiger partial charge is 0.369 e. The zero-order valence-corrected chi connectivity index (χ0v) is 11.6. The van der Waals surface area contributed by atoms with Crippen molar-refractivity contribution in [1.82, 2.24) is 0 Å². The van der Waals surface area contributed by atoms with E-state index >= 15 is 0 Å². The van der Waals surface area contributed by atoms with Crippen molar-refractivity contribution in [3.8, 4) is 6.07 Å². The molecule has 0 spiro atoms. The molecule has 2 nitrogen and oxygen atoms in total. The molecule has 1 aromatic carbocycles. The van der Waals surface area contributed by atoms with E-state index < -0.39 is 0 Å². The van der Waals surface area contributed by atoms with E-state index in [1.807, 2.05) is 18.2 Å². The number of benzene rings is 1. The molecule has 0 atom stereocenters. The molecule has 0 amide bonds. The Balaban J connectivity index is 3.03. The van der Waals surface area contributed by atoms with Gasteiger partial charge < -0.3 is 4.90 Å². The minimum Gasteiger partial charge on any atom is -0.369 e. The Morgan fingerprint density at radius 3 is 2.56 bits per heavy atom. The van der Waals surface area contributed by atoms with Gasteiger partial charge in [0.15, 0.2) is 0 Å². The quantitative estimate of drug-likeness (QED) is 0.835. The zero-order valence-electron chi connectivity index (χ0n) is 10.00. The molecular formula is C13H17BrN2. The van der Waals surface area contributed by atoms with Crippen molar-refractivity contribution in [3.05, 3.63) is 28.2 Å². The van der Waals surface area contributed by atoms with E-state index in [-0.39, 0.29) is 0 Å². The van der Waals surface area contributed by atoms with Gasteiger partial charge in [-0.3, -0.25) is 0 Å². The van der Waals surface area contributed by atoms with Crippen molar-refractivity contribution < 1.29 is 0 Å². The van der Waals surface area contributed by atoms with E-state index in [4.69, 9.17) is 5.26 Å². The number of hydrogen-bond acceptors (Lipinski definition) is 2. The van der Waals surface area contributed by atoms with Gasteiger partial charge in [-0.25, -0.2) is 0 Å². The van der Waals surface area contributed by atoms with Crippen LogP contribution in [-0.4, -0.2) is 12.6 Å². The molecule has 0 aliphatic carbocycles. The molecule has 16 heavy (non-hydrogen) atoms. The molecule has 0 saturated heterocycles. The van der Waals surface area contributed by atoms with Crippen LogP contribution in [0.2, 0.25) is 0 Å². The van der Waals surface area contributed by atoms with Crippen LogP contribution in [0.4, 0.5) is 5.69 Å². The summed E-state index contributed by atoms with van der Waals surface area (Å²) in [6.45, 7) is 7.58. The van der Waals surface area contributed by atoms with Crippen LogP contribution in [0.15, 0.2) is 22.7 Å². The second-order valence-corrected chi connectivity index (χ2v) is 4.92. The number of halogens is 1. The first-order valence-corrected chi connectivity index (χ1v) is 6.35. The highest BCUT2D eigenvalue weighted by atomic mass is 79.9. The molecule has 0 N–H and O–H groups in total. The fourth-order valence-electron chi connectivity index (χ4n) is 1.70.